The largest absolute Gasteiger partial charge is 0.316 e. The molecule has 0 spiro atoms. The van der Waals surface area contributed by atoms with E-state index in [0.717, 1.165) is 18.7 Å². The summed E-state index contributed by atoms with van der Waals surface area (Å²) in [4.78, 5) is 12.1. The number of hydrogen-bond acceptors (Lipinski definition) is 2. The van der Waals surface area contributed by atoms with Crippen molar-refractivity contribution in [3.8, 4) is 0 Å². The third kappa shape index (κ3) is 3.01. The Balaban J connectivity index is 2.10. The predicted octanol–water partition coefficient (Wildman–Crippen LogP) is 2.96. The monoisotopic (exact) mass is 271 g/mol. The lowest BCUT2D eigenvalue weighted by Gasteiger charge is -2.13. The van der Waals surface area contributed by atoms with Crippen LogP contribution in [0.3, 0.4) is 0 Å². The van der Waals surface area contributed by atoms with Crippen LogP contribution in [0.1, 0.15) is 12.5 Å². The molecule has 0 aromatic heterocycles. The number of Topliss-reactive ketones (excluding diaryl/α,β-unsaturated/α-hetero) is 1. The second-order valence-corrected chi connectivity index (χ2v) is 5.46. The maximum absolute atomic E-state index is 12.1. The lowest BCUT2D eigenvalue weighted by molar-refractivity contribution is -0.122. The Hall–Kier alpha value is -0.570. The number of nitrogens with one attached hydrogen (secondary N) is 1. The SMILES string of the molecule is CC1CNCC1C(=O)Cc1cc(Cl)ccc1Cl. The number of carbonyl (C=O) groups excluding carboxylic acids is 1. The molecule has 2 atom stereocenters. The molecule has 1 saturated heterocycles. The Morgan fingerprint density at radius 3 is 2.82 bits per heavy atom. The summed E-state index contributed by atoms with van der Waals surface area (Å²) >= 11 is 12.0. The Kier molecular flexibility index (Phi) is 4.08. The van der Waals surface area contributed by atoms with E-state index in [1.165, 1.54) is 0 Å². The van der Waals surface area contributed by atoms with Crippen LogP contribution < -0.4 is 5.32 Å². The number of rotatable bonds is 3. The van der Waals surface area contributed by atoms with Gasteiger partial charge in [0.15, 0.2) is 0 Å². The van der Waals surface area contributed by atoms with E-state index in [9.17, 15) is 4.79 Å². The summed E-state index contributed by atoms with van der Waals surface area (Å²) in [6, 6.07) is 5.25. The third-order valence-electron chi connectivity index (χ3n) is 3.30. The van der Waals surface area contributed by atoms with Gasteiger partial charge in [0.05, 0.1) is 0 Å². The van der Waals surface area contributed by atoms with E-state index in [-0.39, 0.29) is 11.7 Å². The second kappa shape index (κ2) is 5.38. The molecule has 17 heavy (non-hydrogen) atoms. The molecular weight excluding hydrogens is 257 g/mol. The van der Waals surface area contributed by atoms with Crippen molar-refractivity contribution in [1.29, 1.82) is 0 Å². The molecule has 1 fully saturated rings. The molecule has 2 nitrogen and oxygen atoms in total. The van der Waals surface area contributed by atoms with Crippen LogP contribution in [-0.4, -0.2) is 18.9 Å². The number of hydrogen-bond donors (Lipinski definition) is 1. The van der Waals surface area contributed by atoms with Gasteiger partial charge in [0, 0.05) is 28.9 Å². The molecular formula is C13H15Cl2NO. The molecule has 0 radical (unpaired) electrons. The van der Waals surface area contributed by atoms with Gasteiger partial charge in [0.2, 0.25) is 0 Å². The zero-order valence-electron chi connectivity index (χ0n) is 9.67. The molecule has 1 aliphatic rings. The molecule has 0 amide bonds. The van der Waals surface area contributed by atoms with Crippen molar-refractivity contribution in [3.63, 3.8) is 0 Å². The van der Waals surface area contributed by atoms with Crippen molar-refractivity contribution >= 4 is 29.0 Å². The van der Waals surface area contributed by atoms with E-state index in [4.69, 9.17) is 23.2 Å². The molecule has 1 aliphatic heterocycles. The molecule has 92 valence electrons. The van der Waals surface area contributed by atoms with Crippen LogP contribution in [0, 0.1) is 11.8 Å². The van der Waals surface area contributed by atoms with Crippen molar-refractivity contribution < 1.29 is 4.79 Å². The van der Waals surface area contributed by atoms with Gasteiger partial charge in [-0.2, -0.15) is 0 Å². The van der Waals surface area contributed by atoms with Gasteiger partial charge >= 0.3 is 0 Å². The normalized spacial score (nSPS) is 23.9. The first-order chi connectivity index (χ1) is 8.08. The van der Waals surface area contributed by atoms with Gasteiger partial charge in [-0.25, -0.2) is 0 Å². The van der Waals surface area contributed by atoms with E-state index in [0.29, 0.717) is 22.4 Å². The van der Waals surface area contributed by atoms with Crippen LogP contribution in [0.15, 0.2) is 18.2 Å². The average Bonchev–Trinajstić information content (AvgIpc) is 2.70. The number of halogens is 2. The smallest absolute Gasteiger partial charge is 0.141 e. The van der Waals surface area contributed by atoms with Gasteiger partial charge in [-0.15, -0.1) is 0 Å². The highest BCUT2D eigenvalue weighted by Gasteiger charge is 2.29. The lowest BCUT2D eigenvalue weighted by Crippen LogP contribution is -2.23. The molecule has 1 aromatic carbocycles. The Bertz CT molecular complexity index is 433. The predicted molar refractivity (Wildman–Crippen MR) is 70.7 cm³/mol. The Morgan fingerprint density at radius 1 is 1.41 bits per heavy atom. The summed E-state index contributed by atoms with van der Waals surface area (Å²) in [7, 11) is 0. The average molecular weight is 272 g/mol. The summed E-state index contributed by atoms with van der Waals surface area (Å²) in [5, 5.41) is 4.47. The highest BCUT2D eigenvalue weighted by Crippen LogP contribution is 2.24. The zero-order valence-corrected chi connectivity index (χ0v) is 11.2. The summed E-state index contributed by atoms with van der Waals surface area (Å²) < 4.78 is 0. The van der Waals surface area contributed by atoms with Crippen LogP contribution in [0.2, 0.25) is 10.0 Å². The summed E-state index contributed by atoms with van der Waals surface area (Å²) in [6.45, 7) is 3.79. The van der Waals surface area contributed by atoms with Gasteiger partial charge in [-0.05, 0) is 36.2 Å². The van der Waals surface area contributed by atoms with Gasteiger partial charge in [-0.1, -0.05) is 30.1 Å². The molecule has 4 heteroatoms. The quantitative estimate of drug-likeness (QED) is 0.916. The highest BCUT2D eigenvalue weighted by molar-refractivity contribution is 6.33. The fourth-order valence-corrected chi connectivity index (χ4v) is 2.62. The number of benzene rings is 1. The number of ketones is 1. The number of carbonyl (C=O) groups is 1. The van der Waals surface area contributed by atoms with Gasteiger partial charge in [0.1, 0.15) is 5.78 Å². The van der Waals surface area contributed by atoms with E-state index >= 15 is 0 Å². The van der Waals surface area contributed by atoms with Gasteiger partial charge < -0.3 is 5.32 Å². The molecule has 2 unspecified atom stereocenters. The summed E-state index contributed by atoms with van der Waals surface area (Å²) in [6.07, 6.45) is 0.371. The topological polar surface area (TPSA) is 29.1 Å². The minimum Gasteiger partial charge on any atom is -0.316 e. The second-order valence-electron chi connectivity index (χ2n) is 4.62. The van der Waals surface area contributed by atoms with E-state index < -0.39 is 0 Å². The Morgan fingerprint density at radius 2 is 2.18 bits per heavy atom. The molecule has 1 heterocycles. The first-order valence-electron chi connectivity index (χ1n) is 5.75. The zero-order chi connectivity index (χ0) is 12.4. The molecule has 0 aliphatic carbocycles. The van der Waals surface area contributed by atoms with Crippen molar-refractivity contribution in [1.82, 2.24) is 5.32 Å². The fourth-order valence-electron chi connectivity index (χ4n) is 2.24. The minimum absolute atomic E-state index is 0.102. The summed E-state index contributed by atoms with van der Waals surface area (Å²) in [5.41, 5.74) is 0.822. The van der Waals surface area contributed by atoms with Crippen LogP contribution in [0.5, 0.6) is 0 Å². The fraction of sp³-hybridized carbons (Fsp3) is 0.462. The van der Waals surface area contributed by atoms with Crippen molar-refractivity contribution in [2.75, 3.05) is 13.1 Å². The van der Waals surface area contributed by atoms with Crippen LogP contribution in [0.4, 0.5) is 0 Å². The lowest BCUT2D eigenvalue weighted by atomic mass is 9.90. The van der Waals surface area contributed by atoms with Crippen LogP contribution >= 0.6 is 23.2 Å². The van der Waals surface area contributed by atoms with Crippen molar-refractivity contribution in [2.24, 2.45) is 11.8 Å². The molecule has 2 rings (SSSR count). The van der Waals surface area contributed by atoms with Crippen molar-refractivity contribution in [3.05, 3.63) is 33.8 Å². The Labute approximate surface area is 111 Å². The van der Waals surface area contributed by atoms with Gasteiger partial charge in [-0.3, -0.25) is 4.79 Å². The van der Waals surface area contributed by atoms with E-state index in [1.807, 2.05) is 0 Å². The van der Waals surface area contributed by atoms with Gasteiger partial charge in [0.25, 0.3) is 0 Å². The maximum Gasteiger partial charge on any atom is 0.141 e. The first kappa shape index (κ1) is 12.9. The minimum atomic E-state index is 0.102. The first-order valence-corrected chi connectivity index (χ1v) is 6.51. The van der Waals surface area contributed by atoms with E-state index in [2.05, 4.69) is 12.2 Å². The molecule has 1 N–H and O–H groups in total. The molecule has 1 aromatic rings. The van der Waals surface area contributed by atoms with Crippen LogP contribution in [0.25, 0.3) is 0 Å². The van der Waals surface area contributed by atoms with Crippen molar-refractivity contribution in [2.45, 2.75) is 13.3 Å². The van der Waals surface area contributed by atoms with E-state index in [1.54, 1.807) is 18.2 Å². The summed E-state index contributed by atoms with van der Waals surface area (Å²) in [5.74, 6) is 0.747. The maximum atomic E-state index is 12.1. The molecule has 0 saturated carbocycles. The molecule has 0 bridgehead atoms. The highest BCUT2D eigenvalue weighted by atomic mass is 35.5. The van der Waals surface area contributed by atoms with Crippen LogP contribution in [-0.2, 0) is 11.2 Å². The third-order valence-corrected chi connectivity index (χ3v) is 3.91. The standard InChI is InChI=1S/C13H15Cl2NO/c1-8-6-16-7-11(8)13(17)5-9-4-10(14)2-3-12(9)15/h2-4,8,11,16H,5-7H2,1H3.